The number of unbranched alkanes of at least 4 members (excludes halogenated alkanes) is 1. The molecule has 0 fully saturated rings. The molecule has 0 aliphatic heterocycles. The average molecular weight is 405 g/mol. The number of allylic oxidation sites excluding steroid dienone is 2. The normalized spacial score (nSPS) is 11.9. The highest BCUT2D eigenvalue weighted by Crippen LogP contribution is 2.43. The number of hydrogen-bond acceptors (Lipinski definition) is 1. The maximum absolute atomic E-state index is 6.36. The van der Waals surface area contributed by atoms with Crippen molar-refractivity contribution in [3.05, 3.63) is 78.4 Å². The van der Waals surface area contributed by atoms with Crippen molar-refractivity contribution in [1.82, 2.24) is 0 Å². The van der Waals surface area contributed by atoms with Crippen molar-refractivity contribution >= 4 is 0 Å². The van der Waals surface area contributed by atoms with E-state index in [-0.39, 0.29) is 10.8 Å². The maximum atomic E-state index is 6.36. The molecule has 0 atom stereocenters. The third-order valence-corrected chi connectivity index (χ3v) is 5.97. The molecule has 0 saturated carbocycles. The second-order valence-electron chi connectivity index (χ2n) is 9.85. The van der Waals surface area contributed by atoms with Crippen molar-refractivity contribution in [3.8, 4) is 16.9 Å². The minimum Gasteiger partial charge on any atom is -0.493 e. The SMILES string of the molecule is C=CCCCOc1cc(C(C)(C)C)c(-c2cccc(CC=C)c2)cc1C(C)(C)CC. The molecular weight excluding hydrogens is 364 g/mol. The van der Waals surface area contributed by atoms with Gasteiger partial charge in [-0.2, -0.15) is 0 Å². The largest absolute Gasteiger partial charge is 0.493 e. The molecule has 1 nitrogen and oxygen atoms in total. The molecule has 1 heteroatoms. The van der Waals surface area contributed by atoms with Gasteiger partial charge in [0.15, 0.2) is 0 Å². The lowest BCUT2D eigenvalue weighted by Gasteiger charge is -2.31. The smallest absolute Gasteiger partial charge is 0.123 e. The third-order valence-electron chi connectivity index (χ3n) is 5.97. The Morgan fingerprint density at radius 2 is 1.67 bits per heavy atom. The molecule has 0 N–H and O–H groups in total. The second kappa shape index (κ2) is 10.2. The summed E-state index contributed by atoms with van der Waals surface area (Å²) in [5.41, 5.74) is 6.54. The molecule has 2 aromatic carbocycles. The van der Waals surface area contributed by atoms with Crippen LogP contribution in [0, 0.1) is 0 Å². The quantitative estimate of drug-likeness (QED) is 0.285. The summed E-state index contributed by atoms with van der Waals surface area (Å²) in [6.45, 7) is 22.2. The van der Waals surface area contributed by atoms with Crippen molar-refractivity contribution in [2.24, 2.45) is 0 Å². The molecule has 0 saturated heterocycles. The van der Waals surface area contributed by atoms with Crippen LogP contribution in [0.3, 0.4) is 0 Å². The van der Waals surface area contributed by atoms with E-state index < -0.39 is 0 Å². The van der Waals surface area contributed by atoms with Gasteiger partial charge in [0.25, 0.3) is 0 Å². The molecule has 0 spiro atoms. The summed E-state index contributed by atoms with van der Waals surface area (Å²) >= 11 is 0. The van der Waals surface area contributed by atoms with Gasteiger partial charge in [0.2, 0.25) is 0 Å². The molecule has 30 heavy (non-hydrogen) atoms. The molecule has 0 heterocycles. The Labute approximate surface area is 184 Å². The Balaban J connectivity index is 2.68. The monoisotopic (exact) mass is 404 g/mol. The number of hydrogen-bond donors (Lipinski definition) is 0. The van der Waals surface area contributed by atoms with Crippen molar-refractivity contribution in [2.45, 2.75) is 78.1 Å². The summed E-state index contributed by atoms with van der Waals surface area (Å²) in [5.74, 6) is 1.03. The van der Waals surface area contributed by atoms with Gasteiger partial charge >= 0.3 is 0 Å². The zero-order valence-electron chi connectivity index (χ0n) is 20.0. The third kappa shape index (κ3) is 5.88. The van der Waals surface area contributed by atoms with Crippen LogP contribution >= 0.6 is 0 Å². The Morgan fingerprint density at radius 3 is 2.27 bits per heavy atom. The van der Waals surface area contributed by atoms with Crippen molar-refractivity contribution < 1.29 is 4.74 Å². The van der Waals surface area contributed by atoms with Gasteiger partial charge in [-0.15, -0.1) is 13.2 Å². The summed E-state index contributed by atoms with van der Waals surface area (Å²) in [6, 6.07) is 13.6. The van der Waals surface area contributed by atoms with Gasteiger partial charge in [0.05, 0.1) is 6.61 Å². The molecule has 0 aliphatic carbocycles. The fourth-order valence-electron chi connectivity index (χ4n) is 3.72. The fraction of sp³-hybridized carbons (Fsp3) is 0.448. The van der Waals surface area contributed by atoms with E-state index in [2.05, 4.69) is 91.1 Å². The molecule has 0 amide bonds. The van der Waals surface area contributed by atoms with Gasteiger partial charge in [0, 0.05) is 5.56 Å². The highest BCUT2D eigenvalue weighted by Gasteiger charge is 2.28. The Kier molecular flexibility index (Phi) is 8.12. The standard InChI is InChI=1S/C29H40O/c1-9-12-13-18-30-27-21-25(28(4,5)6)24(20-26(27)29(7,8)11-3)23-17-14-16-22(19-23)15-10-2/h9-10,14,16-17,19-21H,1-2,11-13,15,18H2,3-8H3. The van der Waals surface area contributed by atoms with Crippen LogP contribution < -0.4 is 4.74 Å². The minimum absolute atomic E-state index is 0.0118. The van der Waals surface area contributed by atoms with Crippen LogP contribution in [0.5, 0.6) is 5.75 Å². The van der Waals surface area contributed by atoms with Crippen LogP contribution in [0.25, 0.3) is 11.1 Å². The van der Waals surface area contributed by atoms with Crippen molar-refractivity contribution in [2.75, 3.05) is 6.61 Å². The maximum Gasteiger partial charge on any atom is 0.123 e. The van der Waals surface area contributed by atoms with Gasteiger partial charge in [-0.05, 0) is 70.9 Å². The summed E-state index contributed by atoms with van der Waals surface area (Å²) in [5, 5.41) is 0. The van der Waals surface area contributed by atoms with E-state index in [0.29, 0.717) is 0 Å². The highest BCUT2D eigenvalue weighted by atomic mass is 16.5. The lowest BCUT2D eigenvalue weighted by molar-refractivity contribution is 0.300. The first-order valence-corrected chi connectivity index (χ1v) is 11.3. The minimum atomic E-state index is 0.0118. The van der Waals surface area contributed by atoms with E-state index in [9.17, 15) is 0 Å². The fourth-order valence-corrected chi connectivity index (χ4v) is 3.72. The summed E-state index contributed by atoms with van der Waals surface area (Å²) in [6.07, 6.45) is 7.84. The highest BCUT2D eigenvalue weighted by molar-refractivity contribution is 5.72. The zero-order valence-corrected chi connectivity index (χ0v) is 20.0. The molecule has 0 radical (unpaired) electrons. The number of ether oxygens (including phenoxy) is 1. The Morgan fingerprint density at radius 1 is 0.933 bits per heavy atom. The predicted octanol–water partition coefficient (Wildman–Crippen LogP) is 8.41. The van der Waals surface area contributed by atoms with E-state index in [1.54, 1.807) is 0 Å². The molecule has 0 aliphatic rings. The predicted molar refractivity (Wildman–Crippen MR) is 133 cm³/mol. The summed E-state index contributed by atoms with van der Waals surface area (Å²) in [7, 11) is 0. The summed E-state index contributed by atoms with van der Waals surface area (Å²) in [4.78, 5) is 0. The van der Waals surface area contributed by atoms with Crippen molar-refractivity contribution in [1.29, 1.82) is 0 Å². The molecule has 0 bridgehead atoms. The number of rotatable bonds is 10. The van der Waals surface area contributed by atoms with Crippen LogP contribution in [0.4, 0.5) is 0 Å². The Hall–Kier alpha value is -2.28. The molecule has 0 unspecified atom stereocenters. The van der Waals surface area contributed by atoms with Gasteiger partial charge in [0.1, 0.15) is 5.75 Å². The summed E-state index contributed by atoms with van der Waals surface area (Å²) < 4.78 is 6.36. The van der Waals surface area contributed by atoms with Crippen LogP contribution in [0.1, 0.15) is 77.5 Å². The molecular formula is C29H40O. The van der Waals surface area contributed by atoms with Gasteiger partial charge < -0.3 is 4.74 Å². The van der Waals surface area contributed by atoms with Crippen LogP contribution in [0.2, 0.25) is 0 Å². The lowest BCUT2D eigenvalue weighted by Crippen LogP contribution is -2.20. The first-order chi connectivity index (χ1) is 14.1. The van der Waals surface area contributed by atoms with E-state index in [4.69, 9.17) is 4.74 Å². The molecule has 162 valence electrons. The van der Waals surface area contributed by atoms with E-state index in [0.717, 1.165) is 38.0 Å². The van der Waals surface area contributed by atoms with Crippen molar-refractivity contribution in [3.63, 3.8) is 0 Å². The van der Waals surface area contributed by atoms with E-state index in [1.807, 2.05) is 12.2 Å². The number of benzene rings is 2. The zero-order chi connectivity index (χ0) is 22.4. The van der Waals surface area contributed by atoms with Gasteiger partial charge in [-0.3, -0.25) is 0 Å². The van der Waals surface area contributed by atoms with Crippen LogP contribution in [-0.4, -0.2) is 6.61 Å². The lowest BCUT2D eigenvalue weighted by atomic mass is 9.75. The van der Waals surface area contributed by atoms with Gasteiger partial charge in [-0.1, -0.05) is 78.0 Å². The first-order valence-electron chi connectivity index (χ1n) is 11.3. The van der Waals surface area contributed by atoms with Crippen LogP contribution in [-0.2, 0) is 17.3 Å². The van der Waals surface area contributed by atoms with E-state index >= 15 is 0 Å². The topological polar surface area (TPSA) is 9.23 Å². The first kappa shape index (κ1) is 24.0. The van der Waals surface area contributed by atoms with Crippen LogP contribution in [0.15, 0.2) is 61.7 Å². The Bertz CT molecular complexity index is 864. The van der Waals surface area contributed by atoms with Gasteiger partial charge in [-0.25, -0.2) is 0 Å². The average Bonchev–Trinajstić information content (AvgIpc) is 2.70. The molecule has 2 rings (SSSR count). The second-order valence-corrected chi connectivity index (χ2v) is 9.85. The van der Waals surface area contributed by atoms with E-state index in [1.165, 1.54) is 27.8 Å². The molecule has 0 aromatic heterocycles. The molecule has 2 aromatic rings.